The number of hydrogen-bond donors (Lipinski definition) is 0. The van der Waals surface area contributed by atoms with Gasteiger partial charge >= 0.3 is 0 Å². The van der Waals surface area contributed by atoms with Gasteiger partial charge in [0, 0.05) is 25.7 Å². The molecule has 0 atom stereocenters. The summed E-state index contributed by atoms with van der Waals surface area (Å²) >= 11 is 0. The number of carbonyl (C=O) groups is 1. The predicted molar refractivity (Wildman–Crippen MR) is 105 cm³/mol. The smallest absolute Gasteiger partial charge is 0.246 e. The molecule has 0 radical (unpaired) electrons. The van der Waals surface area contributed by atoms with E-state index in [1.54, 1.807) is 12.2 Å². The van der Waals surface area contributed by atoms with E-state index in [-0.39, 0.29) is 11.7 Å². The lowest BCUT2D eigenvalue weighted by Gasteiger charge is -2.26. The number of amides is 1. The molecule has 1 amide bonds. The summed E-state index contributed by atoms with van der Waals surface area (Å²) in [5.41, 5.74) is 1.59. The van der Waals surface area contributed by atoms with Gasteiger partial charge in [0.05, 0.1) is 11.4 Å². The van der Waals surface area contributed by atoms with Crippen LogP contribution in [0.2, 0.25) is 0 Å². The Morgan fingerprint density at radius 2 is 1.73 bits per heavy atom. The minimum Gasteiger partial charge on any atom is -0.339 e. The first-order chi connectivity index (χ1) is 12.5. The van der Waals surface area contributed by atoms with Gasteiger partial charge in [-0.05, 0) is 43.0 Å². The van der Waals surface area contributed by atoms with Gasteiger partial charge in [0.25, 0.3) is 0 Å². The van der Waals surface area contributed by atoms with Gasteiger partial charge in [-0.1, -0.05) is 37.8 Å². The Bertz CT molecular complexity index is 748. The van der Waals surface area contributed by atoms with Crippen molar-refractivity contribution >= 4 is 27.7 Å². The zero-order chi connectivity index (χ0) is 18.6. The Balaban J connectivity index is 1.62. The number of likely N-dealkylation sites (N-methyl/N-ethyl adjacent to an activating group) is 1. The minimum absolute atomic E-state index is 0.0306. The summed E-state index contributed by atoms with van der Waals surface area (Å²) in [6.45, 7) is 0.544. The van der Waals surface area contributed by atoms with Crippen LogP contribution >= 0.6 is 0 Å². The van der Waals surface area contributed by atoms with Crippen LogP contribution in [0.15, 0.2) is 30.3 Å². The van der Waals surface area contributed by atoms with Crippen LogP contribution in [0.4, 0.5) is 5.69 Å². The molecule has 2 aliphatic rings. The maximum Gasteiger partial charge on any atom is 0.246 e. The number of benzene rings is 1. The molecule has 1 aliphatic carbocycles. The molecule has 1 heterocycles. The Kier molecular flexibility index (Phi) is 6.01. The van der Waals surface area contributed by atoms with Crippen LogP contribution in [0.5, 0.6) is 0 Å². The number of nitrogens with zero attached hydrogens (tertiary/aromatic N) is 2. The van der Waals surface area contributed by atoms with Crippen LogP contribution in [0.25, 0.3) is 6.08 Å². The third-order valence-corrected chi connectivity index (χ3v) is 7.29. The van der Waals surface area contributed by atoms with Crippen molar-refractivity contribution in [2.45, 2.75) is 51.0 Å². The van der Waals surface area contributed by atoms with E-state index in [2.05, 4.69) is 0 Å². The largest absolute Gasteiger partial charge is 0.339 e. The zero-order valence-corrected chi connectivity index (χ0v) is 16.2. The fourth-order valence-electron chi connectivity index (χ4n) is 3.79. The van der Waals surface area contributed by atoms with E-state index in [9.17, 15) is 13.2 Å². The summed E-state index contributed by atoms with van der Waals surface area (Å²) in [5, 5.41) is 0. The maximum absolute atomic E-state index is 12.4. The topological polar surface area (TPSA) is 57.7 Å². The Labute approximate surface area is 156 Å². The van der Waals surface area contributed by atoms with E-state index in [1.807, 2.05) is 36.2 Å². The number of rotatable bonds is 4. The second-order valence-corrected chi connectivity index (χ2v) is 9.27. The zero-order valence-electron chi connectivity index (χ0n) is 15.4. The average Bonchev–Trinajstić information content (AvgIpc) is 2.84. The van der Waals surface area contributed by atoms with Gasteiger partial charge in [-0.3, -0.25) is 9.10 Å². The van der Waals surface area contributed by atoms with Gasteiger partial charge < -0.3 is 4.90 Å². The molecule has 0 spiro atoms. The lowest BCUT2D eigenvalue weighted by Crippen LogP contribution is -2.35. The quantitative estimate of drug-likeness (QED) is 0.598. The van der Waals surface area contributed by atoms with Crippen molar-refractivity contribution in [3.05, 3.63) is 35.9 Å². The van der Waals surface area contributed by atoms with Gasteiger partial charge in [-0.25, -0.2) is 8.42 Å². The highest BCUT2D eigenvalue weighted by Gasteiger charge is 2.28. The minimum atomic E-state index is -3.15. The molecule has 0 N–H and O–H groups in total. The fourth-order valence-corrected chi connectivity index (χ4v) is 5.36. The molecule has 3 rings (SSSR count). The van der Waals surface area contributed by atoms with Crippen molar-refractivity contribution < 1.29 is 13.2 Å². The van der Waals surface area contributed by atoms with E-state index in [0.29, 0.717) is 24.7 Å². The Morgan fingerprint density at radius 1 is 1.08 bits per heavy atom. The monoisotopic (exact) mass is 376 g/mol. The molecule has 2 fully saturated rings. The van der Waals surface area contributed by atoms with Gasteiger partial charge in [0.2, 0.25) is 15.9 Å². The fraction of sp³-hybridized carbons (Fsp3) is 0.550. The van der Waals surface area contributed by atoms with Crippen LogP contribution in [-0.2, 0) is 14.8 Å². The van der Waals surface area contributed by atoms with E-state index < -0.39 is 10.0 Å². The van der Waals surface area contributed by atoms with Crippen molar-refractivity contribution in [3.8, 4) is 0 Å². The van der Waals surface area contributed by atoms with Crippen molar-refractivity contribution in [2.24, 2.45) is 0 Å². The lowest BCUT2D eigenvalue weighted by molar-refractivity contribution is -0.126. The van der Waals surface area contributed by atoms with Crippen molar-refractivity contribution in [3.63, 3.8) is 0 Å². The SMILES string of the molecule is CN(C(=O)/C=C/c1ccc(N2CCCS2(=O)=O)cc1)C1CCCCCC1. The molecule has 0 bridgehead atoms. The van der Waals surface area contributed by atoms with Crippen LogP contribution in [0, 0.1) is 0 Å². The molecule has 26 heavy (non-hydrogen) atoms. The summed E-state index contributed by atoms with van der Waals surface area (Å²) < 4.78 is 25.4. The Morgan fingerprint density at radius 3 is 2.31 bits per heavy atom. The maximum atomic E-state index is 12.4. The molecule has 0 aromatic heterocycles. The average molecular weight is 377 g/mol. The normalized spacial score (nSPS) is 21.0. The number of sulfonamides is 1. The van der Waals surface area contributed by atoms with Gasteiger partial charge in [-0.2, -0.15) is 0 Å². The van der Waals surface area contributed by atoms with Crippen LogP contribution < -0.4 is 4.31 Å². The molecule has 1 saturated carbocycles. The summed E-state index contributed by atoms with van der Waals surface area (Å²) in [5.74, 6) is 0.250. The standard InChI is InChI=1S/C20H28N2O3S/c1-21(18-7-4-2-3-5-8-18)20(23)14-11-17-9-12-19(13-10-17)22-15-6-16-26(22,24)25/h9-14,18H,2-8,15-16H2,1H3/b14-11+. The number of hydrogen-bond acceptors (Lipinski definition) is 3. The molecule has 142 valence electrons. The van der Waals surface area contributed by atoms with Crippen LogP contribution in [0.3, 0.4) is 0 Å². The first kappa shape index (κ1) is 19.0. The highest BCUT2D eigenvalue weighted by Crippen LogP contribution is 2.25. The van der Waals surface area contributed by atoms with Gasteiger partial charge in [0.1, 0.15) is 0 Å². The highest BCUT2D eigenvalue weighted by atomic mass is 32.2. The molecular formula is C20H28N2O3S. The summed E-state index contributed by atoms with van der Waals surface area (Å²) in [6, 6.07) is 7.68. The molecule has 5 nitrogen and oxygen atoms in total. The molecule has 0 unspecified atom stereocenters. The number of carbonyl (C=O) groups excluding carboxylic acids is 1. The van der Waals surface area contributed by atoms with E-state index in [1.165, 1.54) is 30.0 Å². The molecule has 1 aromatic rings. The third kappa shape index (κ3) is 4.47. The molecule has 1 aromatic carbocycles. The van der Waals surface area contributed by atoms with Crippen LogP contribution in [0.1, 0.15) is 50.5 Å². The van der Waals surface area contributed by atoms with Crippen molar-refractivity contribution in [2.75, 3.05) is 23.7 Å². The van der Waals surface area contributed by atoms with Crippen LogP contribution in [-0.4, -0.2) is 44.6 Å². The summed E-state index contributed by atoms with van der Waals surface area (Å²) in [4.78, 5) is 14.3. The van der Waals surface area contributed by atoms with Crippen molar-refractivity contribution in [1.29, 1.82) is 0 Å². The highest BCUT2D eigenvalue weighted by molar-refractivity contribution is 7.93. The second kappa shape index (κ2) is 8.25. The van der Waals surface area contributed by atoms with E-state index >= 15 is 0 Å². The van der Waals surface area contributed by atoms with E-state index in [4.69, 9.17) is 0 Å². The molecule has 6 heteroatoms. The third-order valence-electron chi connectivity index (χ3n) is 5.42. The molecular weight excluding hydrogens is 348 g/mol. The molecule has 1 saturated heterocycles. The van der Waals surface area contributed by atoms with Gasteiger partial charge in [0.15, 0.2) is 0 Å². The van der Waals surface area contributed by atoms with Crippen molar-refractivity contribution in [1.82, 2.24) is 4.90 Å². The Hall–Kier alpha value is -1.82. The first-order valence-corrected chi connectivity index (χ1v) is 11.1. The lowest BCUT2D eigenvalue weighted by atomic mass is 10.1. The first-order valence-electron chi connectivity index (χ1n) is 9.53. The predicted octanol–water partition coefficient (Wildman–Crippen LogP) is 3.42. The second-order valence-electron chi connectivity index (χ2n) is 7.26. The van der Waals surface area contributed by atoms with E-state index in [0.717, 1.165) is 18.4 Å². The number of anilines is 1. The summed E-state index contributed by atoms with van der Waals surface area (Å²) in [6.07, 6.45) is 11.2. The molecule has 1 aliphatic heterocycles. The van der Waals surface area contributed by atoms with Gasteiger partial charge in [-0.15, -0.1) is 0 Å². The summed E-state index contributed by atoms with van der Waals surface area (Å²) in [7, 11) is -1.26.